The van der Waals surface area contributed by atoms with Crippen LogP contribution in [0.4, 0.5) is 0 Å². The number of hydrogen-bond acceptors (Lipinski definition) is 4. The van der Waals surface area contributed by atoms with E-state index in [0.29, 0.717) is 12.2 Å². The molecule has 0 radical (unpaired) electrons. The largest absolute Gasteiger partial charge is 0.508 e. The minimum Gasteiger partial charge on any atom is -0.508 e. The number of ether oxygens (including phenoxy) is 1. The van der Waals surface area contributed by atoms with Gasteiger partial charge in [-0.15, -0.1) is 0 Å². The lowest BCUT2D eigenvalue weighted by Gasteiger charge is -2.60. The highest BCUT2D eigenvalue weighted by Crippen LogP contribution is 2.57. The summed E-state index contributed by atoms with van der Waals surface area (Å²) in [7, 11) is 0. The lowest BCUT2D eigenvalue weighted by Crippen LogP contribution is -2.64. The number of phenols is 1. The van der Waals surface area contributed by atoms with E-state index in [0.717, 1.165) is 50.3 Å². The molecule has 0 aromatic heterocycles. The SMILES string of the molecule is CC1CN(Cc2ccc(C(=O)N3CC[C@@]4(C)c5cccc(O)c5CC3C4(C)C)cc2)CCO1. The van der Waals surface area contributed by atoms with Gasteiger partial charge in [-0.3, -0.25) is 9.69 Å². The molecule has 2 bridgehead atoms. The molecular weight excluding hydrogens is 412 g/mol. The van der Waals surface area contributed by atoms with Crippen LogP contribution in [0.15, 0.2) is 42.5 Å². The number of hydrogen-bond donors (Lipinski definition) is 1. The quantitative estimate of drug-likeness (QED) is 0.758. The number of amides is 1. The van der Waals surface area contributed by atoms with Gasteiger partial charge in [0, 0.05) is 43.2 Å². The maximum Gasteiger partial charge on any atom is 0.254 e. The van der Waals surface area contributed by atoms with Gasteiger partial charge in [0.25, 0.3) is 5.91 Å². The van der Waals surface area contributed by atoms with Crippen molar-refractivity contribution in [3.8, 4) is 5.75 Å². The second kappa shape index (κ2) is 8.14. The Labute approximate surface area is 197 Å². The summed E-state index contributed by atoms with van der Waals surface area (Å²) in [6.07, 6.45) is 1.86. The smallest absolute Gasteiger partial charge is 0.254 e. The number of rotatable bonds is 3. The predicted molar refractivity (Wildman–Crippen MR) is 130 cm³/mol. The minimum absolute atomic E-state index is 0.0547. The van der Waals surface area contributed by atoms with Gasteiger partial charge in [0.15, 0.2) is 0 Å². The first kappa shape index (κ1) is 22.4. The molecule has 3 atom stereocenters. The van der Waals surface area contributed by atoms with E-state index >= 15 is 0 Å². The van der Waals surface area contributed by atoms with Crippen LogP contribution in [0.3, 0.4) is 0 Å². The molecule has 2 fully saturated rings. The monoisotopic (exact) mass is 448 g/mol. The van der Waals surface area contributed by atoms with Gasteiger partial charge >= 0.3 is 0 Å². The Morgan fingerprint density at radius 3 is 2.61 bits per heavy atom. The van der Waals surface area contributed by atoms with Crippen molar-refractivity contribution in [2.75, 3.05) is 26.2 Å². The molecule has 5 nitrogen and oxygen atoms in total. The van der Waals surface area contributed by atoms with E-state index in [1.165, 1.54) is 11.1 Å². The van der Waals surface area contributed by atoms with Crippen molar-refractivity contribution in [3.05, 3.63) is 64.7 Å². The van der Waals surface area contributed by atoms with Crippen LogP contribution in [0.5, 0.6) is 5.75 Å². The summed E-state index contributed by atoms with van der Waals surface area (Å²) in [5.41, 5.74) is 4.07. The van der Waals surface area contributed by atoms with Crippen LogP contribution in [0, 0.1) is 5.41 Å². The number of carbonyl (C=O) groups excluding carboxylic acids is 1. The average molecular weight is 449 g/mol. The standard InChI is InChI=1S/C28H36N2O3/c1-19-17-29(14-15-33-19)18-20-8-10-21(11-9-20)26(32)30-13-12-28(4)23-6-5-7-24(31)22(23)16-25(30)27(28,2)3/h5-11,19,25,31H,12-18H2,1-4H3/t19?,25?,28-/m0/s1. The number of morpholine rings is 1. The Morgan fingerprint density at radius 1 is 1.12 bits per heavy atom. The van der Waals surface area contributed by atoms with Crippen molar-refractivity contribution in [1.82, 2.24) is 9.80 Å². The summed E-state index contributed by atoms with van der Waals surface area (Å²) in [5.74, 6) is 0.454. The lowest BCUT2D eigenvalue weighted by atomic mass is 9.51. The van der Waals surface area contributed by atoms with Crippen molar-refractivity contribution in [2.45, 2.75) is 64.6 Å². The van der Waals surface area contributed by atoms with Gasteiger partial charge in [-0.25, -0.2) is 0 Å². The highest BCUT2D eigenvalue weighted by molar-refractivity contribution is 5.94. The minimum atomic E-state index is -0.0886. The molecule has 33 heavy (non-hydrogen) atoms. The molecular formula is C28H36N2O3. The fraction of sp³-hybridized carbons (Fsp3) is 0.536. The summed E-state index contributed by atoms with van der Waals surface area (Å²) in [6, 6.07) is 14.1. The molecule has 5 rings (SSSR count). The molecule has 5 heteroatoms. The third-order valence-electron chi connectivity index (χ3n) is 8.82. The number of nitrogens with zero attached hydrogens (tertiary/aromatic N) is 2. The number of phenolic OH excluding ortho intramolecular Hbond substituents is 1. The number of aromatic hydroxyl groups is 1. The van der Waals surface area contributed by atoms with E-state index < -0.39 is 0 Å². The molecule has 0 spiro atoms. The molecule has 2 aliphatic heterocycles. The number of likely N-dealkylation sites (tertiary alicyclic amines) is 1. The van der Waals surface area contributed by atoms with E-state index in [1.54, 1.807) is 6.07 Å². The Hall–Kier alpha value is -2.37. The third kappa shape index (κ3) is 3.66. The lowest BCUT2D eigenvalue weighted by molar-refractivity contribution is -0.0266. The van der Waals surface area contributed by atoms with Crippen LogP contribution in [0.1, 0.15) is 61.2 Å². The van der Waals surface area contributed by atoms with Crippen LogP contribution in [0.25, 0.3) is 0 Å². The van der Waals surface area contributed by atoms with Crippen LogP contribution >= 0.6 is 0 Å². The Bertz CT molecular complexity index is 1050. The van der Waals surface area contributed by atoms with Crippen LogP contribution in [-0.2, 0) is 23.1 Å². The molecule has 0 saturated carbocycles. The van der Waals surface area contributed by atoms with Crippen LogP contribution in [0.2, 0.25) is 0 Å². The zero-order chi connectivity index (χ0) is 23.4. The predicted octanol–water partition coefficient (Wildman–Crippen LogP) is 4.37. The molecule has 3 aliphatic rings. The highest BCUT2D eigenvalue weighted by atomic mass is 16.5. The fourth-order valence-electron chi connectivity index (χ4n) is 6.38. The van der Waals surface area contributed by atoms with E-state index in [4.69, 9.17) is 4.74 Å². The number of carbonyl (C=O) groups is 1. The van der Waals surface area contributed by atoms with E-state index in [1.807, 2.05) is 18.2 Å². The van der Waals surface area contributed by atoms with Gasteiger partial charge in [-0.05, 0) is 60.1 Å². The first-order chi connectivity index (χ1) is 15.7. The second-order valence-electron chi connectivity index (χ2n) is 10.9. The van der Waals surface area contributed by atoms with E-state index in [-0.39, 0.29) is 28.9 Å². The number of fused-ring (bicyclic) bond motifs is 4. The topological polar surface area (TPSA) is 53.0 Å². The maximum atomic E-state index is 13.7. The molecule has 2 heterocycles. The average Bonchev–Trinajstić information content (AvgIpc) is 2.77. The highest BCUT2D eigenvalue weighted by Gasteiger charge is 2.57. The molecule has 2 aromatic rings. The van der Waals surface area contributed by atoms with Crippen LogP contribution < -0.4 is 0 Å². The van der Waals surface area contributed by atoms with Gasteiger partial charge in [-0.2, -0.15) is 0 Å². The van der Waals surface area contributed by atoms with E-state index in [2.05, 4.69) is 55.7 Å². The normalized spacial score (nSPS) is 28.9. The Morgan fingerprint density at radius 2 is 1.88 bits per heavy atom. The molecule has 1 amide bonds. The van der Waals surface area contributed by atoms with Gasteiger partial charge in [-0.1, -0.05) is 45.0 Å². The zero-order valence-electron chi connectivity index (χ0n) is 20.3. The van der Waals surface area contributed by atoms with Gasteiger partial charge in [0.1, 0.15) is 5.75 Å². The fourth-order valence-corrected chi connectivity index (χ4v) is 6.38. The van der Waals surface area contributed by atoms with Gasteiger partial charge in [0.2, 0.25) is 0 Å². The molecule has 2 unspecified atom stereocenters. The van der Waals surface area contributed by atoms with Gasteiger partial charge < -0.3 is 14.7 Å². The van der Waals surface area contributed by atoms with E-state index in [9.17, 15) is 9.90 Å². The second-order valence-corrected chi connectivity index (χ2v) is 10.9. The summed E-state index contributed by atoms with van der Waals surface area (Å²) in [6.45, 7) is 13.3. The first-order valence-electron chi connectivity index (χ1n) is 12.3. The molecule has 1 aliphatic carbocycles. The van der Waals surface area contributed by atoms with Crippen molar-refractivity contribution < 1.29 is 14.6 Å². The number of benzene rings is 2. The van der Waals surface area contributed by atoms with Crippen molar-refractivity contribution >= 4 is 5.91 Å². The molecule has 176 valence electrons. The molecule has 2 aromatic carbocycles. The summed E-state index contributed by atoms with van der Waals surface area (Å²) in [5, 5.41) is 10.6. The van der Waals surface area contributed by atoms with Crippen LogP contribution in [-0.4, -0.2) is 59.2 Å². The summed E-state index contributed by atoms with van der Waals surface area (Å²) in [4.78, 5) is 18.1. The maximum absolute atomic E-state index is 13.7. The number of piperidine rings is 1. The van der Waals surface area contributed by atoms with Crippen molar-refractivity contribution in [3.63, 3.8) is 0 Å². The Balaban J connectivity index is 1.37. The Kier molecular flexibility index (Phi) is 5.53. The van der Waals surface area contributed by atoms with Gasteiger partial charge in [0.05, 0.1) is 12.7 Å². The van der Waals surface area contributed by atoms with Crippen molar-refractivity contribution in [2.24, 2.45) is 5.41 Å². The van der Waals surface area contributed by atoms with Crippen molar-refractivity contribution in [1.29, 1.82) is 0 Å². The molecule has 2 saturated heterocycles. The third-order valence-corrected chi connectivity index (χ3v) is 8.82. The first-order valence-corrected chi connectivity index (χ1v) is 12.3. The summed E-state index contributed by atoms with van der Waals surface area (Å²) >= 11 is 0. The molecule has 1 N–H and O–H groups in total. The summed E-state index contributed by atoms with van der Waals surface area (Å²) < 4.78 is 5.64. The zero-order valence-corrected chi connectivity index (χ0v) is 20.3.